The number of carbonyl (C=O) groups excluding carboxylic acids is 2. The second-order valence-corrected chi connectivity index (χ2v) is 7.25. The summed E-state index contributed by atoms with van der Waals surface area (Å²) in [4.78, 5) is 36.4. The van der Waals surface area contributed by atoms with Crippen molar-refractivity contribution in [3.63, 3.8) is 0 Å². The number of hydrogen-bond acceptors (Lipinski definition) is 5. The number of aromatic hydroxyl groups is 1. The Morgan fingerprint density at radius 3 is 2.18 bits per heavy atom. The lowest BCUT2D eigenvalue weighted by molar-refractivity contribution is -0.142. The number of carboxylic acid groups (broad SMARTS) is 1. The van der Waals surface area contributed by atoms with Crippen LogP contribution in [-0.2, 0) is 20.8 Å². The second kappa shape index (κ2) is 11.3. The number of nitrogens with two attached hydrogens (primary N) is 1. The molecule has 0 saturated carbocycles. The molecule has 1 aromatic rings. The highest BCUT2D eigenvalue weighted by Gasteiger charge is 2.29. The molecule has 8 heteroatoms. The van der Waals surface area contributed by atoms with E-state index in [9.17, 15) is 24.6 Å². The topological polar surface area (TPSA) is 142 Å². The smallest absolute Gasteiger partial charge is 0.326 e. The SMILES string of the molecule is CCCC[C@H](NC(=O)[C@@H](NC(=O)[C@H](N)Cc1ccc(O)cc1)C(C)C)C(=O)O. The van der Waals surface area contributed by atoms with Gasteiger partial charge in [0.25, 0.3) is 0 Å². The summed E-state index contributed by atoms with van der Waals surface area (Å²) in [6, 6.07) is 3.59. The summed E-state index contributed by atoms with van der Waals surface area (Å²) in [7, 11) is 0. The van der Waals surface area contributed by atoms with Crippen LogP contribution in [-0.4, -0.2) is 46.1 Å². The molecule has 0 aliphatic rings. The predicted molar refractivity (Wildman–Crippen MR) is 106 cm³/mol. The lowest BCUT2D eigenvalue weighted by atomic mass is 10.0. The maximum atomic E-state index is 12.6. The van der Waals surface area contributed by atoms with Gasteiger partial charge in [-0.3, -0.25) is 9.59 Å². The number of carboxylic acids is 1. The third kappa shape index (κ3) is 7.56. The summed E-state index contributed by atoms with van der Waals surface area (Å²) in [5.41, 5.74) is 6.73. The van der Waals surface area contributed by atoms with Gasteiger partial charge in [0.1, 0.15) is 17.8 Å². The van der Waals surface area contributed by atoms with Gasteiger partial charge in [0, 0.05) is 0 Å². The highest BCUT2D eigenvalue weighted by Crippen LogP contribution is 2.11. The molecule has 8 nitrogen and oxygen atoms in total. The van der Waals surface area contributed by atoms with Gasteiger partial charge in [-0.1, -0.05) is 45.7 Å². The number of hydrogen-bond donors (Lipinski definition) is 5. The lowest BCUT2D eigenvalue weighted by Gasteiger charge is -2.25. The van der Waals surface area contributed by atoms with E-state index >= 15 is 0 Å². The summed E-state index contributed by atoms with van der Waals surface area (Å²) in [6.45, 7) is 5.46. The Bertz CT molecular complexity index is 660. The van der Waals surface area contributed by atoms with Crippen LogP contribution in [0.15, 0.2) is 24.3 Å². The van der Waals surface area contributed by atoms with E-state index < -0.39 is 35.9 Å². The standard InChI is InChI=1S/C20H31N3O5/c1-4-5-6-16(20(27)28)22-19(26)17(12(2)3)23-18(25)15(21)11-13-7-9-14(24)10-8-13/h7-10,12,15-17,24H,4-6,11,21H2,1-3H3,(H,22,26)(H,23,25)(H,27,28)/t15-,16+,17+/m1/s1. The summed E-state index contributed by atoms with van der Waals surface area (Å²) in [5.74, 6) is -2.26. The van der Waals surface area contributed by atoms with E-state index in [4.69, 9.17) is 5.73 Å². The van der Waals surface area contributed by atoms with Crippen LogP contribution < -0.4 is 16.4 Å². The van der Waals surface area contributed by atoms with Crippen LogP contribution in [0, 0.1) is 5.92 Å². The Kier molecular flexibility index (Phi) is 9.44. The first kappa shape index (κ1) is 23.4. The van der Waals surface area contributed by atoms with Crippen molar-refractivity contribution in [1.82, 2.24) is 10.6 Å². The molecular weight excluding hydrogens is 362 g/mol. The quantitative estimate of drug-likeness (QED) is 0.382. The second-order valence-electron chi connectivity index (χ2n) is 7.25. The number of rotatable bonds is 11. The molecule has 2 amide bonds. The van der Waals surface area contributed by atoms with Crippen LogP contribution in [0.1, 0.15) is 45.6 Å². The number of unbranched alkanes of at least 4 members (excludes halogenated alkanes) is 1. The van der Waals surface area contributed by atoms with E-state index in [0.717, 1.165) is 12.0 Å². The number of amides is 2. The fourth-order valence-electron chi connectivity index (χ4n) is 2.70. The van der Waals surface area contributed by atoms with Gasteiger partial charge in [-0.05, 0) is 36.5 Å². The van der Waals surface area contributed by atoms with Gasteiger partial charge in [0.2, 0.25) is 11.8 Å². The highest BCUT2D eigenvalue weighted by molar-refractivity contribution is 5.92. The number of phenolic OH excluding ortho intramolecular Hbond substituents is 1. The number of nitrogens with one attached hydrogen (secondary N) is 2. The van der Waals surface area contributed by atoms with Crippen molar-refractivity contribution in [2.45, 2.75) is 64.6 Å². The van der Waals surface area contributed by atoms with E-state index in [1.807, 2.05) is 6.92 Å². The average molecular weight is 393 g/mol. The average Bonchev–Trinajstić information content (AvgIpc) is 2.63. The molecule has 1 aromatic carbocycles. The van der Waals surface area contributed by atoms with Crippen molar-refractivity contribution in [1.29, 1.82) is 0 Å². The number of aliphatic carboxylic acids is 1. The normalized spacial score (nSPS) is 14.2. The molecule has 3 atom stereocenters. The zero-order chi connectivity index (χ0) is 21.3. The van der Waals surface area contributed by atoms with Gasteiger partial charge in [-0.25, -0.2) is 4.79 Å². The Morgan fingerprint density at radius 1 is 1.07 bits per heavy atom. The van der Waals surface area contributed by atoms with Crippen LogP contribution in [0.3, 0.4) is 0 Å². The fraction of sp³-hybridized carbons (Fsp3) is 0.550. The first-order chi connectivity index (χ1) is 13.1. The van der Waals surface area contributed by atoms with Crippen molar-refractivity contribution in [2.75, 3.05) is 0 Å². The lowest BCUT2D eigenvalue weighted by Crippen LogP contribution is -2.56. The van der Waals surface area contributed by atoms with Crippen molar-refractivity contribution in [2.24, 2.45) is 11.7 Å². The summed E-state index contributed by atoms with van der Waals surface area (Å²) >= 11 is 0. The van der Waals surface area contributed by atoms with E-state index in [0.29, 0.717) is 12.8 Å². The molecule has 0 fully saturated rings. The van der Waals surface area contributed by atoms with Crippen LogP contribution >= 0.6 is 0 Å². The molecule has 0 aromatic heterocycles. The molecule has 0 radical (unpaired) electrons. The summed E-state index contributed by atoms with van der Waals surface area (Å²) in [5, 5.41) is 23.7. The van der Waals surface area contributed by atoms with E-state index in [1.54, 1.807) is 26.0 Å². The van der Waals surface area contributed by atoms with Gasteiger partial charge < -0.3 is 26.6 Å². The fourth-order valence-corrected chi connectivity index (χ4v) is 2.70. The van der Waals surface area contributed by atoms with Gasteiger partial charge in [-0.2, -0.15) is 0 Å². The molecule has 6 N–H and O–H groups in total. The number of carbonyl (C=O) groups is 3. The molecule has 0 heterocycles. The predicted octanol–water partition coefficient (Wildman–Crippen LogP) is 1.16. The van der Waals surface area contributed by atoms with Crippen molar-refractivity contribution >= 4 is 17.8 Å². The minimum atomic E-state index is -1.10. The number of phenols is 1. The summed E-state index contributed by atoms with van der Waals surface area (Å²) in [6.07, 6.45) is 2.06. The minimum absolute atomic E-state index is 0.120. The first-order valence-corrected chi connectivity index (χ1v) is 9.52. The third-order valence-corrected chi connectivity index (χ3v) is 4.44. The molecule has 1 rings (SSSR count). The molecule has 0 aliphatic heterocycles. The maximum absolute atomic E-state index is 12.6. The van der Waals surface area contributed by atoms with E-state index in [1.165, 1.54) is 12.1 Å². The van der Waals surface area contributed by atoms with Crippen LogP contribution in [0.4, 0.5) is 0 Å². The molecule has 0 spiro atoms. The van der Waals surface area contributed by atoms with Crippen LogP contribution in [0.5, 0.6) is 5.75 Å². The maximum Gasteiger partial charge on any atom is 0.326 e. The Morgan fingerprint density at radius 2 is 1.68 bits per heavy atom. The monoisotopic (exact) mass is 393 g/mol. The van der Waals surface area contributed by atoms with Gasteiger partial charge in [0.15, 0.2) is 0 Å². The van der Waals surface area contributed by atoms with Crippen molar-refractivity contribution in [3.05, 3.63) is 29.8 Å². The van der Waals surface area contributed by atoms with Gasteiger partial charge >= 0.3 is 5.97 Å². The van der Waals surface area contributed by atoms with Crippen LogP contribution in [0.2, 0.25) is 0 Å². The largest absolute Gasteiger partial charge is 0.508 e. The minimum Gasteiger partial charge on any atom is -0.508 e. The van der Waals surface area contributed by atoms with Crippen molar-refractivity contribution in [3.8, 4) is 5.75 Å². The zero-order valence-corrected chi connectivity index (χ0v) is 16.6. The molecule has 28 heavy (non-hydrogen) atoms. The Labute approximate surface area is 165 Å². The van der Waals surface area contributed by atoms with Gasteiger partial charge in [-0.15, -0.1) is 0 Å². The molecule has 0 aliphatic carbocycles. The number of benzene rings is 1. The van der Waals surface area contributed by atoms with Gasteiger partial charge in [0.05, 0.1) is 6.04 Å². The molecule has 0 unspecified atom stereocenters. The van der Waals surface area contributed by atoms with Crippen molar-refractivity contribution < 1.29 is 24.6 Å². The van der Waals surface area contributed by atoms with Crippen LogP contribution in [0.25, 0.3) is 0 Å². The Balaban J connectivity index is 2.73. The molecule has 0 saturated heterocycles. The third-order valence-electron chi connectivity index (χ3n) is 4.44. The highest BCUT2D eigenvalue weighted by atomic mass is 16.4. The molecular formula is C20H31N3O5. The first-order valence-electron chi connectivity index (χ1n) is 9.52. The zero-order valence-electron chi connectivity index (χ0n) is 16.6. The summed E-state index contributed by atoms with van der Waals surface area (Å²) < 4.78 is 0. The van der Waals surface area contributed by atoms with E-state index in [-0.39, 0.29) is 18.1 Å². The Hall–Kier alpha value is -2.61. The van der Waals surface area contributed by atoms with E-state index in [2.05, 4.69) is 10.6 Å². The molecule has 156 valence electrons. The molecule has 0 bridgehead atoms.